The van der Waals surface area contributed by atoms with Crippen molar-refractivity contribution >= 4 is 58.5 Å². The van der Waals surface area contributed by atoms with E-state index in [0.29, 0.717) is 28.3 Å². The number of para-hydroxylation sites is 1. The molecule has 0 aromatic heterocycles. The zero-order valence-corrected chi connectivity index (χ0v) is 23.6. The second-order valence-corrected chi connectivity index (χ2v) is 10.6. The van der Waals surface area contributed by atoms with Crippen LogP contribution >= 0.6 is 23.4 Å². The number of carbonyl (C=O) groups excluding carboxylic acids is 3. The van der Waals surface area contributed by atoms with Gasteiger partial charge in [-0.2, -0.15) is 0 Å². The Kier molecular flexibility index (Phi) is 10.3. The number of nitrogens with one attached hydrogen (secondary N) is 3. The smallest absolute Gasteiger partial charge is 0.272 e. The number of rotatable bonds is 10. The number of anilines is 2. The van der Waals surface area contributed by atoms with Crippen molar-refractivity contribution < 1.29 is 18.8 Å². The van der Waals surface area contributed by atoms with Crippen LogP contribution in [-0.2, 0) is 9.59 Å². The first-order valence-electron chi connectivity index (χ1n) is 12.8. The molecule has 41 heavy (non-hydrogen) atoms. The van der Waals surface area contributed by atoms with Crippen LogP contribution < -0.4 is 16.0 Å². The normalized spacial score (nSPS) is 11.8. The van der Waals surface area contributed by atoms with Crippen LogP contribution in [-0.4, -0.2) is 23.0 Å². The highest BCUT2D eigenvalue weighted by atomic mass is 35.5. The fourth-order valence-electron chi connectivity index (χ4n) is 3.81. The van der Waals surface area contributed by atoms with Crippen molar-refractivity contribution in [3.63, 3.8) is 0 Å². The maximum atomic E-state index is 14.0. The van der Waals surface area contributed by atoms with Crippen molar-refractivity contribution in [2.45, 2.75) is 23.5 Å². The van der Waals surface area contributed by atoms with Gasteiger partial charge in [0.15, 0.2) is 0 Å². The quantitative estimate of drug-likeness (QED) is 0.133. The maximum Gasteiger partial charge on any atom is 0.272 e. The molecule has 1 unspecified atom stereocenters. The molecule has 208 valence electrons. The largest absolute Gasteiger partial charge is 0.323 e. The Morgan fingerprint density at radius 3 is 2.34 bits per heavy atom. The molecular weight excluding hydrogens is 561 g/mol. The van der Waals surface area contributed by atoms with Gasteiger partial charge in [-0.1, -0.05) is 67.1 Å². The third-order valence-electron chi connectivity index (χ3n) is 5.85. The van der Waals surface area contributed by atoms with Crippen molar-refractivity contribution in [3.8, 4) is 0 Å². The first-order chi connectivity index (χ1) is 19.8. The Bertz CT molecular complexity index is 1580. The number of carbonyl (C=O) groups is 3. The van der Waals surface area contributed by atoms with E-state index >= 15 is 0 Å². The van der Waals surface area contributed by atoms with Crippen LogP contribution in [0.4, 0.5) is 15.8 Å². The Morgan fingerprint density at radius 2 is 1.61 bits per heavy atom. The third kappa shape index (κ3) is 8.54. The van der Waals surface area contributed by atoms with Crippen LogP contribution in [0.3, 0.4) is 0 Å². The molecule has 6 nitrogen and oxygen atoms in total. The Hall–Kier alpha value is -4.40. The van der Waals surface area contributed by atoms with Gasteiger partial charge >= 0.3 is 0 Å². The van der Waals surface area contributed by atoms with Gasteiger partial charge in [0.2, 0.25) is 5.91 Å². The first-order valence-corrected chi connectivity index (χ1v) is 14.0. The van der Waals surface area contributed by atoms with Crippen molar-refractivity contribution in [3.05, 3.63) is 131 Å². The highest BCUT2D eigenvalue weighted by molar-refractivity contribution is 8.00. The lowest BCUT2D eigenvalue weighted by molar-refractivity contribution is -0.116. The molecule has 0 spiro atoms. The lowest BCUT2D eigenvalue weighted by atomic mass is 10.1. The van der Waals surface area contributed by atoms with Gasteiger partial charge in [-0.25, -0.2) is 4.39 Å². The van der Waals surface area contributed by atoms with Gasteiger partial charge in [0, 0.05) is 21.2 Å². The van der Waals surface area contributed by atoms with E-state index in [1.807, 2.05) is 13.0 Å². The average Bonchev–Trinajstić information content (AvgIpc) is 2.97. The van der Waals surface area contributed by atoms with E-state index in [9.17, 15) is 18.8 Å². The van der Waals surface area contributed by atoms with Crippen molar-refractivity contribution in [1.29, 1.82) is 0 Å². The van der Waals surface area contributed by atoms with E-state index in [-0.39, 0.29) is 17.3 Å². The van der Waals surface area contributed by atoms with Gasteiger partial charge in [-0.3, -0.25) is 14.4 Å². The Balaban J connectivity index is 1.50. The second kappa shape index (κ2) is 14.3. The molecule has 0 saturated carbocycles. The molecule has 0 heterocycles. The van der Waals surface area contributed by atoms with E-state index in [1.165, 1.54) is 23.9 Å². The molecule has 1 atom stereocenters. The molecule has 4 aromatic carbocycles. The Labute approximate surface area is 247 Å². The fourth-order valence-corrected chi connectivity index (χ4v) is 5.03. The standard InChI is InChI=1S/C32H27ClFN3O3S/c1-2-29(32(40)36-27-17-7-6-16-26(27)34)41-25-15-9-14-24(20-25)35-31(39)28(19-21-10-8-13-23(33)18-21)37-30(38)22-11-4-3-5-12-22/h3-20,29H,2H2,1H3,(H,35,39)(H,36,40)(H,37,38)/b28-19-. The van der Waals surface area contributed by atoms with Crippen LogP contribution in [0.2, 0.25) is 5.02 Å². The first kappa shape index (κ1) is 29.6. The summed E-state index contributed by atoms with van der Waals surface area (Å²) in [5, 5.41) is 8.15. The second-order valence-electron chi connectivity index (χ2n) is 8.90. The van der Waals surface area contributed by atoms with Crippen LogP contribution in [0.5, 0.6) is 0 Å². The number of hydrogen-bond acceptors (Lipinski definition) is 4. The number of thioether (sulfide) groups is 1. The highest BCUT2D eigenvalue weighted by Crippen LogP contribution is 2.29. The summed E-state index contributed by atoms with van der Waals surface area (Å²) in [7, 11) is 0. The van der Waals surface area contributed by atoms with E-state index in [4.69, 9.17) is 11.6 Å². The number of halogens is 2. The zero-order valence-electron chi connectivity index (χ0n) is 22.1. The molecule has 0 aliphatic rings. The topological polar surface area (TPSA) is 87.3 Å². The van der Waals surface area contributed by atoms with Crippen LogP contribution in [0, 0.1) is 5.82 Å². The minimum atomic E-state index is -0.541. The maximum absolute atomic E-state index is 14.0. The lowest BCUT2D eigenvalue weighted by Gasteiger charge is -2.16. The van der Waals surface area contributed by atoms with Gasteiger partial charge in [0.05, 0.1) is 10.9 Å². The monoisotopic (exact) mass is 587 g/mol. The molecule has 0 radical (unpaired) electrons. The van der Waals surface area contributed by atoms with Crippen molar-refractivity contribution in [2.24, 2.45) is 0 Å². The summed E-state index contributed by atoms with van der Waals surface area (Å²) in [6.45, 7) is 1.87. The molecule has 4 aromatic rings. The summed E-state index contributed by atoms with van der Waals surface area (Å²) in [5.41, 5.74) is 1.64. The van der Waals surface area contributed by atoms with Crippen LogP contribution in [0.25, 0.3) is 6.08 Å². The molecule has 0 fully saturated rings. The molecule has 4 rings (SSSR count). The molecule has 0 saturated heterocycles. The summed E-state index contributed by atoms with van der Waals surface area (Å²) in [5.74, 6) is -1.82. The SMILES string of the molecule is CCC(Sc1cccc(NC(=O)/C(=C/c2cccc(Cl)c2)NC(=O)c2ccccc2)c1)C(=O)Nc1ccccc1F. The summed E-state index contributed by atoms with van der Waals surface area (Å²) in [6, 6.07) is 28.5. The minimum Gasteiger partial charge on any atom is -0.323 e. The lowest BCUT2D eigenvalue weighted by Crippen LogP contribution is -2.30. The van der Waals surface area contributed by atoms with Gasteiger partial charge in [0.1, 0.15) is 11.5 Å². The summed E-state index contributed by atoms with van der Waals surface area (Å²) in [6.07, 6.45) is 2.04. The molecule has 3 N–H and O–H groups in total. The van der Waals surface area contributed by atoms with Gasteiger partial charge in [-0.15, -0.1) is 11.8 Å². The van der Waals surface area contributed by atoms with Gasteiger partial charge in [0.25, 0.3) is 11.8 Å². The number of hydrogen-bond donors (Lipinski definition) is 3. The van der Waals surface area contributed by atoms with E-state index in [1.54, 1.807) is 91.0 Å². The van der Waals surface area contributed by atoms with E-state index < -0.39 is 22.9 Å². The van der Waals surface area contributed by atoms with Crippen LogP contribution in [0.15, 0.2) is 114 Å². The predicted molar refractivity (Wildman–Crippen MR) is 163 cm³/mol. The molecule has 9 heteroatoms. The van der Waals surface area contributed by atoms with Gasteiger partial charge in [-0.05, 0) is 72.7 Å². The summed E-state index contributed by atoms with van der Waals surface area (Å²) >= 11 is 7.42. The van der Waals surface area contributed by atoms with Crippen LogP contribution in [0.1, 0.15) is 29.3 Å². The molecule has 0 aliphatic heterocycles. The van der Waals surface area contributed by atoms with Crippen molar-refractivity contribution in [1.82, 2.24) is 5.32 Å². The third-order valence-corrected chi connectivity index (χ3v) is 7.45. The summed E-state index contributed by atoms with van der Waals surface area (Å²) < 4.78 is 14.0. The average molecular weight is 588 g/mol. The molecule has 3 amide bonds. The fraction of sp³-hybridized carbons (Fsp3) is 0.0938. The molecule has 0 bridgehead atoms. The number of benzene rings is 4. The number of amides is 3. The highest BCUT2D eigenvalue weighted by Gasteiger charge is 2.20. The molecule has 0 aliphatic carbocycles. The summed E-state index contributed by atoms with van der Waals surface area (Å²) in [4.78, 5) is 39.8. The predicted octanol–water partition coefficient (Wildman–Crippen LogP) is 7.40. The van der Waals surface area contributed by atoms with E-state index in [2.05, 4.69) is 16.0 Å². The van der Waals surface area contributed by atoms with E-state index in [0.717, 1.165) is 4.90 Å². The zero-order chi connectivity index (χ0) is 29.2. The molecular formula is C32H27ClFN3O3S. The Morgan fingerprint density at radius 1 is 0.878 bits per heavy atom. The van der Waals surface area contributed by atoms with Crippen molar-refractivity contribution in [2.75, 3.05) is 10.6 Å². The van der Waals surface area contributed by atoms with Gasteiger partial charge < -0.3 is 16.0 Å². The minimum absolute atomic E-state index is 0.0230.